The van der Waals surface area contributed by atoms with E-state index in [1.54, 1.807) is 0 Å². The van der Waals surface area contributed by atoms with Gasteiger partial charge in [-0.05, 0) is 114 Å². The Kier molecular flexibility index (Phi) is 6.91. The van der Waals surface area contributed by atoms with Crippen LogP contribution in [0.2, 0.25) is 0 Å². The molecule has 0 aliphatic heterocycles. The number of nitrogens with zero attached hydrogens (tertiary/aromatic N) is 1. The summed E-state index contributed by atoms with van der Waals surface area (Å²) >= 11 is 0. The minimum Gasteiger partial charge on any atom is -0.314 e. The van der Waals surface area contributed by atoms with Crippen LogP contribution in [0.4, 0.5) is 11.4 Å². The van der Waals surface area contributed by atoms with Crippen molar-refractivity contribution < 1.29 is 0 Å². The molecule has 0 aromatic heterocycles. The highest BCUT2D eigenvalue weighted by atomic mass is 15.1. The smallest absolute Gasteiger partial charge is 0.0458 e. The molecule has 8 aromatic carbocycles. The van der Waals surface area contributed by atoms with E-state index in [-0.39, 0.29) is 0 Å². The molecule has 0 bridgehead atoms. The van der Waals surface area contributed by atoms with Gasteiger partial charge in [0.25, 0.3) is 0 Å². The van der Waals surface area contributed by atoms with E-state index in [0.29, 0.717) is 5.92 Å². The van der Waals surface area contributed by atoms with Gasteiger partial charge in [0.05, 0.1) is 0 Å². The van der Waals surface area contributed by atoms with Crippen LogP contribution in [-0.4, -0.2) is 0 Å². The molecule has 1 nitrogen and oxygen atoms in total. The summed E-state index contributed by atoms with van der Waals surface area (Å²) in [6.45, 7) is 2.37. The van der Waals surface area contributed by atoms with Gasteiger partial charge >= 0.3 is 0 Å². The predicted molar refractivity (Wildman–Crippen MR) is 206 cm³/mol. The van der Waals surface area contributed by atoms with Gasteiger partial charge in [0.1, 0.15) is 0 Å². The summed E-state index contributed by atoms with van der Waals surface area (Å²) < 4.78 is 0. The van der Waals surface area contributed by atoms with Crippen LogP contribution in [0.5, 0.6) is 0 Å². The Morgan fingerprint density at radius 1 is 0.458 bits per heavy atom. The molecule has 1 aliphatic rings. The second-order valence-electron chi connectivity index (χ2n) is 13.0. The maximum atomic E-state index is 2.47. The fraction of sp³-hybridized carbons (Fsp3) is 0.0638. The maximum Gasteiger partial charge on any atom is 0.0458 e. The SMILES string of the molecule is CC1CC(N(c2ccc(-c3ccccc3)cc2)c2ccc(-c3cc4ccccc4c4ccccc34)cc2)=Cc2c1ccc1ccccc21. The Balaban J connectivity index is 1.19. The molecule has 0 saturated heterocycles. The standard InChI is InChI=1S/C47H35N/c1-32-29-40(31-47-41(32)28-23-35-13-5-7-15-42(35)47)48(38-24-19-34(20-25-38)33-11-3-2-4-12-33)39-26-21-36(22-27-39)46-30-37-14-6-8-16-43(37)44-17-9-10-18-45(44)46/h2-28,30-32H,29H2,1H3. The molecule has 1 aliphatic carbocycles. The third-order valence-corrected chi connectivity index (χ3v) is 10.1. The molecule has 1 heteroatoms. The quantitative estimate of drug-likeness (QED) is 0.175. The average Bonchev–Trinajstić information content (AvgIpc) is 3.15. The number of hydrogen-bond donors (Lipinski definition) is 0. The van der Waals surface area contributed by atoms with Crippen LogP contribution >= 0.6 is 0 Å². The Morgan fingerprint density at radius 3 is 1.75 bits per heavy atom. The summed E-state index contributed by atoms with van der Waals surface area (Å²) in [5.74, 6) is 0.402. The van der Waals surface area contributed by atoms with Gasteiger partial charge in [0.15, 0.2) is 0 Å². The van der Waals surface area contributed by atoms with Crippen molar-refractivity contribution in [3.8, 4) is 22.3 Å². The van der Waals surface area contributed by atoms with Crippen molar-refractivity contribution in [1.82, 2.24) is 0 Å². The number of rotatable bonds is 5. The largest absolute Gasteiger partial charge is 0.314 e. The summed E-state index contributed by atoms with van der Waals surface area (Å²) in [6.07, 6.45) is 3.40. The molecule has 8 aromatic rings. The minimum absolute atomic E-state index is 0.402. The average molecular weight is 614 g/mol. The number of allylic oxidation sites excluding steroid dienone is 1. The fourth-order valence-corrected chi connectivity index (χ4v) is 7.71. The number of benzene rings is 8. The third-order valence-electron chi connectivity index (χ3n) is 10.1. The van der Waals surface area contributed by atoms with Gasteiger partial charge in [-0.2, -0.15) is 0 Å². The lowest BCUT2D eigenvalue weighted by atomic mass is 9.83. The van der Waals surface area contributed by atoms with Crippen molar-refractivity contribution in [3.05, 3.63) is 187 Å². The molecular weight excluding hydrogens is 579 g/mol. The van der Waals surface area contributed by atoms with E-state index in [2.05, 4.69) is 188 Å². The maximum absolute atomic E-state index is 2.47. The Labute approximate surface area is 282 Å². The highest BCUT2D eigenvalue weighted by Crippen LogP contribution is 2.43. The highest BCUT2D eigenvalue weighted by molar-refractivity contribution is 6.13. The van der Waals surface area contributed by atoms with Crippen LogP contribution in [0.15, 0.2) is 176 Å². The van der Waals surface area contributed by atoms with Gasteiger partial charge in [-0.1, -0.05) is 146 Å². The third kappa shape index (κ3) is 4.87. The highest BCUT2D eigenvalue weighted by Gasteiger charge is 2.25. The van der Waals surface area contributed by atoms with Gasteiger partial charge in [-0.3, -0.25) is 0 Å². The molecule has 1 atom stereocenters. The first-order chi connectivity index (χ1) is 23.7. The molecule has 0 N–H and O–H groups in total. The number of hydrogen-bond acceptors (Lipinski definition) is 1. The van der Waals surface area contributed by atoms with E-state index in [9.17, 15) is 0 Å². The zero-order valence-corrected chi connectivity index (χ0v) is 27.0. The molecule has 0 saturated carbocycles. The molecule has 0 spiro atoms. The van der Waals surface area contributed by atoms with Gasteiger partial charge in [-0.15, -0.1) is 0 Å². The van der Waals surface area contributed by atoms with Gasteiger partial charge in [-0.25, -0.2) is 0 Å². The van der Waals surface area contributed by atoms with E-state index in [4.69, 9.17) is 0 Å². The van der Waals surface area contributed by atoms with Crippen LogP contribution in [-0.2, 0) is 0 Å². The summed E-state index contributed by atoms with van der Waals surface area (Å²) in [6, 6.07) is 62.1. The van der Waals surface area contributed by atoms with Crippen LogP contribution < -0.4 is 4.90 Å². The lowest BCUT2D eigenvalue weighted by Gasteiger charge is -2.33. The molecule has 1 unspecified atom stereocenters. The van der Waals surface area contributed by atoms with E-state index >= 15 is 0 Å². The normalized spacial score (nSPS) is 14.2. The Morgan fingerprint density at radius 2 is 1.02 bits per heavy atom. The first-order valence-corrected chi connectivity index (χ1v) is 16.9. The number of anilines is 2. The van der Waals surface area contributed by atoms with E-state index < -0.39 is 0 Å². The molecule has 48 heavy (non-hydrogen) atoms. The first-order valence-electron chi connectivity index (χ1n) is 16.9. The second kappa shape index (κ2) is 11.7. The fourth-order valence-electron chi connectivity index (χ4n) is 7.71. The van der Waals surface area contributed by atoms with Crippen molar-refractivity contribution >= 4 is 49.8 Å². The zero-order chi connectivity index (χ0) is 32.0. The monoisotopic (exact) mass is 613 g/mol. The lowest BCUT2D eigenvalue weighted by molar-refractivity contribution is 0.732. The van der Waals surface area contributed by atoms with Crippen LogP contribution in [0, 0.1) is 0 Å². The van der Waals surface area contributed by atoms with E-state index in [0.717, 1.165) is 6.42 Å². The molecular formula is C47H35N. The lowest BCUT2D eigenvalue weighted by Crippen LogP contribution is -2.20. The van der Waals surface area contributed by atoms with Crippen molar-refractivity contribution in [1.29, 1.82) is 0 Å². The summed E-state index contributed by atoms with van der Waals surface area (Å²) in [4.78, 5) is 2.47. The molecule has 9 rings (SSSR count). The van der Waals surface area contributed by atoms with Gasteiger partial charge in [0, 0.05) is 17.1 Å². The molecule has 0 amide bonds. The Hall–Kier alpha value is -5.92. The first kappa shape index (κ1) is 28.3. The summed E-state index contributed by atoms with van der Waals surface area (Å²) in [5, 5.41) is 7.74. The Bertz CT molecular complexity index is 2470. The van der Waals surface area contributed by atoms with Crippen LogP contribution in [0.25, 0.3) is 60.6 Å². The molecule has 0 heterocycles. The summed E-state index contributed by atoms with van der Waals surface area (Å²) in [7, 11) is 0. The minimum atomic E-state index is 0.402. The van der Waals surface area contributed by atoms with Crippen LogP contribution in [0.3, 0.4) is 0 Å². The zero-order valence-electron chi connectivity index (χ0n) is 27.0. The van der Waals surface area contributed by atoms with Crippen molar-refractivity contribution in [2.75, 3.05) is 4.90 Å². The molecule has 228 valence electrons. The van der Waals surface area contributed by atoms with Crippen molar-refractivity contribution in [3.63, 3.8) is 0 Å². The molecule has 0 fully saturated rings. The van der Waals surface area contributed by atoms with Crippen molar-refractivity contribution in [2.24, 2.45) is 0 Å². The van der Waals surface area contributed by atoms with Crippen LogP contribution in [0.1, 0.15) is 30.4 Å². The topological polar surface area (TPSA) is 3.24 Å². The number of fused-ring (bicyclic) bond motifs is 6. The van der Waals surface area contributed by atoms with E-state index in [1.165, 1.54) is 82.8 Å². The summed E-state index contributed by atoms with van der Waals surface area (Å²) in [5.41, 5.74) is 11.3. The second-order valence-corrected chi connectivity index (χ2v) is 13.0. The van der Waals surface area contributed by atoms with Gasteiger partial charge < -0.3 is 4.90 Å². The van der Waals surface area contributed by atoms with Crippen molar-refractivity contribution in [2.45, 2.75) is 19.3 Å². The van der Waals surface area contributed by atoms with Gasteiger partial charge in [0.2, 0.25) is 0 Å². The predicted octanol–water partition coefficient (Wildman–Crippen LogP) is 13.2. The van der Waals surface area contributed by atoms with E-state index in [1.807, 2.05) is 0 Å². The molecule has 0 radical (unpaired) electrons.